The average Bonchev–Trinajstić information content (AvgIpc) is 2.97. The van der Waals surface area contributed by atoms with Crippen molar-refractivity contribution >= 4 is 23.6 Å². The van der Waals surface area contributed by atoms with Crippen molar-refractivity contribution in [2.24, 2.45) is 52.3 Å². The van der Waals surface area contributed by atoms with E-state index in [1.54, 1.807) is 6.08 Å². The summed E-state index contributed by atoms with van der Waals surface area (Å²) in [5.74, 6) is 1.64. The predicted octanol–water partition coefficient (Wildman–Crippen LogP) is 6.68. The highest BCUT2D eigenvalue weighted by molar-refractivity contribution is 5.89. The summed E-state index contributed by atoms with van der Waals surface area (Å²) in [5.41, 5.74) is 0.458. The number of allylic oxidation sites excluding steroid dienone is 1. The van der Waals surface area contributed by atoms with Gasteiger partial charge in [-0.05, 0) is 98.7 Å². The van der Waals surface area contributed by atoms with E-state index in [9.17, 15) is 19.2 Å². The lowest BCUT2D eigenvalue weighted by atomic mass is 9.38. The molecule has 7 heteroatoms. The number of nitrogens with one attached hydrogen (secondary N) is 1. The molecule has 42 heavy (non-hydrogen) atoms. The molecular weight excluding hydrogens is 530 g/mol. The van der Waals surface area contributed by atoms with E-state index in [2.05, 4.69) is 39.6 Å². The van der Waals surface area contributed by atoms with E-state index >= 15 is 0 Å². The van der Waals surface area contributed by atoms with E-state index in [4.69, 9.17) is 9.47 Å². The number of carbonyl (C=O) groups excluding carboxylic acids is 4. The lowest BCUT2D eigenvalue weighted by molar-refractivity contribution is -0.181. The van der Waals surface area contributed by atoms with Gasteiger partial charge < -0.3 is 14.8 Å². The second-order valence-electron chi connectivity index (χ2n) is 14.1. The minimum atomic E-state index is -1.03. The largest absolute Gasteiger partial charge is 0.469 e. The summed E-state index contributed by atoms with van der Waals surface area (Å²) in [5, 5.41) is 2.88. The maximum absolute atomic E-state index is 13.7. The minimum Gasteiger partial charge on any atom is -0.469 e. The van der Waals surface area contributed by atoms with Gasteiger partial charge in [-0.15, -0.1) is 6.58 Å². The van der Waals surface area contributed by atoms with Gasteiger partial charge in [0.15, 0.2) is 0 Å². The lowest BCUT2D eigenvalue weighted by Crippen LogP contribution is -2.61. The zero-order valence-corrected chi connectivity index (χ0v) is 27.3. The van der Waals surface area contributed by atoms with Crippen LogP contribution in [0.15, 0.2) is 12.7 Å². The number of methoxy groups -OCH3 is 2. The number of ether oxygens (including phenoxy) is 2. The van der Waals surface area contributed by atoms with Gasteiger partial charge in [0, 0.05) is 18.3 Å². The molecule has 1 N–H and O–H groups in total. The monoisotopic (exact) mass is 587 g/mol. The maximum Gasteiger partial charge on any atom is 0.328 e. The smallest absolute Gasteiger partial charge is 0.328 e. The molecule has 4 rings (SSSR count). The van der Waals surface area contributed by atoms with E-state index in [1.807, 2.05) is 6.92 Å². The number of fused-ring (bicyclic) bond motifs is 5. The van der Waals surface area contributed by atoms with Crippen LogP contribution in [0.1, 0.15) is 112 Å². The van der Waals surface area contributed by atoms with Gasteiger partial charge in [0.05, 0.1) is 20.6 Å². The summed E-state index contributed by atoms with van der Waals surface area (Å²) in [6.45, 7) is 14.7. The highest BCUT2D eigenvalue weighted by atomic mass is 16.5. The standard InChI is InChI=1S/C32H51NO6.C3H6/c1-7-8-9-20-21-11-13-27-31(3)17-15-26(34)19(2)23(31)14-16-32(27,4)24(21)12-10-22(20)29(36)33-25(30(37)39-6)18-28(35)38-5;1-3-2/h19-25,27H,7-18H2,1-6H3,(H,33,36);3H,1H2,2H3. The molecule has 10 atom stereocenters. The number of carbonyl (C=O) groups is 4. The fraction of sp³-hybridized carbons (Fsp3) is 0.829. The summed E-state index contributed by atoms with van der Waals surface area (Å²) in [4.78, 5) is 50.6. The molecule has 4 saturated carbocycles. The quantitative estimate of drug-likeness (QED) is 0.251. The Morgan fingerprint density at radius 2 is 1.69 bits per heavy atom. The van der Waals surface area contributed by atoms with Crippen molar-refractivity contribution in [2.75, 3.05) is 14.2 Å². The Kier molecular flexibility index (Phi) is 11.9. The Bertz CT molecular complexity index is 994. The lowest BCUT2D eigenvalue weighted by Gasteiger charge is -2.66. The first kappa shape index (κ1) is 34.3. The average molecular weight is 588 g/mol. The minimum absolute atomic E-state index is 0.128. The Morgan fingerprint density at radius 1 is 1.02 bits per heavy atom. The Morgan fingerprint density at radius 3 is 2.31 bits per heavy atom. The number of hydrogen-bond donors (Lipinski definition) is 1. The fourth-order valence-electron chi connectivity index (χ4n) is 10.1. The number of unbranched alkanes of at least 4 members (excludes halogenated alkanes) is 1. The molecule has 0 bridgehead atoms. The topological polar surface area (TPSA) is 98.8 Å². The van der Waals surface area contributed by atoms with Crippen molar-refractivity contribution in [3.8, 4) is 0 Å². The third-order valence-electron chi connectivity index (χ3n) is 12.1. The SMILES string of the molecule is C=CC.CCCCC1C(C(=O)NC(CC(=O)OC)C(=O)OC)CCC2C1CCC1C3(C)CCC(=O)C(C)C3CCC21C. The molecule has 1 amide bonds. The van der Waals surface area contributed by atoms with Crippen LogP contribution in [0.5, 0.6) is 0 Å². The van der Waals surface area contributed by atoms with Crippen LogP contribution in [0.4, 0.5) is 0 Å². The summed E-state index contributed by atoms with van der Waals surface area (Å²) in [6, 6.07) is -1.03. The molecule has 0 radical (unpaired) electrons. The van der Waals surface area contributed by atoms with E-state index in [-0.39, 0.29) is 40.9 Å². The van der Waals surface area contributed by atoms with Gasteiger partial charge in [0.25, 0.3) is 0 Å². The highest BCUT2D eigenvalue weighted by Gasteiger charge is 2.63. The van der Waals surface area contributed by atoms with Gasteiger partial charge in [-0.3, -0.25) is 14.4 Å². The maximum atomic E-state index is 13.7. The summed E-state index contributed by atoms with van der Waals surface area (Å²) in [6.07, 6.45) is 12.9. The number of amides is 1. The van der Waals surface area contributed by atoms with Gasteiger partial charge in [0.2, 0.25) is 5.91 Å². The molecule has 0 aromatic carbocycles. The van der Waals surface area contributed by atoms with Crippen molar-refractivity contribution in [1.29, 1.82) is 0 Å². The van der Waals surface area contributed by atoms with E-state index in [0.29, 0.717) is 29.5 Å². The second-order valence-corrected chi connectivity index (χ2v) is 14.1. The van der Waals surface area contributed by atoms with Crippen molar-refractivity contribution in [3.05, 3.63) is 12.7 Å². The molecule has 10 unspecified atom stereocenters. The van der Waals surface area contributed by atoms with Gasteiger partial charge in [-0.1, -0.05) is 46.6 Å². The summed E-state index contributed by atoms with van der Waals surface area (Å²) in [7, 11) is 2.54. The first-order chi connectivity index (χ1) is 19.9. The fourth-order valence-corrected chi connectivity index (χ4v) is 10.1. The number of Topliss-reactive ketones (excluding diaryl/α,β-unsaturated/α-hetero) is 1. The van der Waals surface area contributed by atoms with Gasteiger partial charge in [-0.25, -0.2) is 4.79 Å². The molecule has 4 fully saturated rings. The molecule has 238 valence electrons. The summed E-state index contributed by atoms with van der Waals surface area (Å²) >= 11 is 0. The molecule has 4 aliphatic rings. The van der Waals surface area contributed by atoms with Gasteiger partial charge >= 0.3 is 11.9 Å². The zero-order valence-electron chi connectivity index (χ0n) is 27.3. The highest BCUT2D eigenvalue weighted by Crippen LogP contribution is 2.69. The molecule has 0 heterocycles. The Hall–Kier alpha value is -2.18. The van der Waals surface area contributed by atoms with E-state index in [1.165, 1.54) is 27.1 Å². The predicted molar refractivity (Wildman–Crippen MR) is 164 cm³/mol. The number of ketones is 1. The van der Waals surface area contributed by atoms with Gasteiger partial charge in [-0.2, -0.15) is 0 Å². The van der Waals surface area contributed by atoms with Crippen LogP contribution in [-0.2, 0) is 28.7 Å². The van der Waals surface area contributed by atoms with Crippen LogP contribution in [0.25, 0.3) is 0 Å². The summed E-state index contributed by atoms with van der Waals surface area (Å²) < 4.78 is 9.63. The molecule has 0 spiro atoms. The Balaban J connectivity index is 0.00000155. The molecule has 4 aliphatic carbocycles. The normalized spacial score (nSPS) is 37.8. The van der Waals surface area contributed by atoms with E-state index < -0.39 is 18.0 Å². The van der Waals surface area contributed by atoms with Crippen LogP contribution < -0.4 is 5.32 Å². The molecule has 7 nitrogen and oxygen atoms in total. The number of rotatable bonds is 8. The zero-order chi connectivity index (χ0) is 31.2. The number of esters is 2. The van der Waals surface area contributed by atoms with E-state index in [0.717, 1.165) is 57.8 Å². The Labute approximate surface area is 254 Å². The van der Waals surface area contributed by atoms with Crippen molar-refractivity contribution in [3.63, 3.8) is 0 Å². The molecule has 0 aliphatic heterocycles. The molecule has 0 saturated heterocycles. The number of hydrogen-bond acceptors (Lipinski definition) is 6. The van der Waals surface area contributed by atoms with Crippen LogP contribution in [-0.4, -0.2) is 43.9 Å². The first-order valence-corrected chi connectivity index (χ1v) is 16.5. The molecule has 0 aromatic rings. The van der Waals surface area contributed by atoms with Crippen LogP contribution >= 0.6 is 0 Å². The van der Waals surface area contributed by atoms with Crippen molar-refractivity contribution in [2.45, 2.75) is 118 Å². The van der Waals surface area contributed by atoms with Crippen molar-refractivity contribution in [1.82, 2.24) is 5.32 Å². The second kappa shape index (κ2) is 14.5. The first-order valence-electron chi connectivity index (χ1n) is 16.5. The molecule has 0 aromatic heterocycles. The third-order valence-corrected chi connectivity index (χ3v) is 12.1. The third kappa shape index (κ3) is 6.65. The van der Waals surface area contributed by atoms with Crippen LogP contribution in [0, 0.1) is 52.3 Å². The van der Waals surface area contributed by atoms with Crippen LogP contribution in [0.2, 0.25) is 0 Å². The molecular formula is C35H57NO6. The van der Waals surface area contributed by atoms with Crippen molar-refractivity contribution < 1.29 is 28.7 Å². The van der Waals surface area contributed by atoms with Crippen LogP contribution in [0.3, 0.4) is 0 Å². The van der Waals surface area contributed by atoms with Gasteiger partial charge in [0.1, 0.15) is 11.8 Å².